The Balaban J connectivity index is 1.24. The Morgan fingerprint density at radius 3 is 2.73 bits per heavy atom. The lowest BCUT2D eigenvalue weighted by molar-refractivity contribution is -0.132. The van der Waals surface area contributed by atoms with E-state index in [1.807, 2.05) is 35.2 Å². The normalized spacial score (nSPS) is 14.5. The molecule has 0 spiro atoms. The number of ether oxygens (including phenoxy) is 1. The maximum Gasteiger partial charge on any atom is 0.257 e. The Kier molecular flexibility index (Phi) is 6.17. The molecule has 156 valence electrons. The summed E-state index contributed by atoms with van der Waals surface area (Å²) in [6, 6.07) is 9.86. The molecule has 0 bridgehead atoms. The molecule has 3 aromatic rings. The summed E-state index contributed by atoms with van der Waals surface area (Å²) in [5.74, 6) is 2.24. The van der Waals surface area contributed by atoms with Crippen LogP contribution in [-0.2, 0) is 11.2 Å². The first-order chi connectivity index (χ1) is 14.7. The topological polar surface area (TPSA) is 106 Å². The predicted octanol–water partition coefficient (Wildman–Crippen LogP) is 2.57. The number of benzene rings is 1. The first-order valence-electron chi connectivity index (χ1n) is 10.00. The van der Waals surface area contributed by atoms with Crippen LogP contribution in [0.15, 0.2) is 47.2 Å². The highest BCUT2D eigenvalue weighted by Crippen LogP contribution is 2.22. The minimum absolute atomic E-state index is 0.102. The summed E-state index contributed by atoms with van der Waals surface area (Å²) < 4.78 is 10.5. The molecule has 1 amide bonds. The Morgan fingerprint density at radius 2 is 1.97 bits per heavy atom. The molecular formula is C21H24N6O3. The van der Waals surface area contributed by atoms with E-state index in [0.29, 0.717) is 49.3 Å². The van der Waals surface area contributed by atoms with Crippen LogP contribution in [0.1, 0.15) is 25.2 Å². The van der Waals surface area contributed by atoms with Crippen molar-refractivity contribution in [3.8, 4) is 17.3 Å². The Bertz CT molecular complexity index is 970. The molecular weight excluding hydrogens is 384 g/mol. The number of likely N-dealkylation sites (tertiary alicyclic amines) is 1. The number of hydrogen-bond acceptors (Lipinski definition) is 8. The van der Waals surface area contributed by atoms with Gasteiger partial charge in [0.15, 0.2) is 5.82 Å². The lowest BCUT2D eigenvalue weighted by Crippen LogP contribution is -2.42. The molecule has 0 unspecified atom stereocenters. The van der Waals surface area contributed by atoms with Crippen molar-refractivity contribution >= 4 is 11.7 Å². The van der Waals surface area contributed by atoms with Crippen molar-refractivity contribution in [1.82, 2.24) is 25.0 Å². The van der Waals surface area contributed by atoms with Crippen LogP contribution in [0.25, 0.3) is 11.4 Å². The third kappa shape index (κ3) is 4.73. The lowest BCUT2D eigenvalue weighted by Gasteiger charge is -2.32. The number of nitrogens with one attached hydrogen (secondary N) is 1. The van der Waals surface area contributed by atoms with Crippen LogP contribution < -0.4 is 10.1 Å². The number of methoxy groups -OCH3 is 1. The van der Waals surface area contributed by atoms with Crippen molar-refractivity contribution in [2.24, 2.45) is 0 Å². The average Bonchev–Trinajstić information content (AvgIpc) is 3.28. The van der Waals surface area contributed by atoms with Crippen LogP contribution >= 0.6 is 0 Å². The Labute approximate surface area is 174 Å². The highest BCUT2D eigenvalue weighted by molar-refractivity contribution is 5.76. The Morgan fingerprint density at radius 1 is 1.20 bits per heavy atom. The van der Waals surface area contributed by atoms with Gasteiger partial charge in [-0.05, 0) is 12.8 Å². The lowest BCUT2D eigenvalue weighted by atomic mass is 10.0. The number of piperidine rings is 1. The number of nitrogens with zero attached hydrogens (tertiary/aromatic N) is 5. The number of carbonyl (C=O) groups is 1. The van der Waals surface area contributed by atoms with E-state index < -0.39 is 0 Å². The first kappa shape index (κ1) is 19.8. The van der Waals surface area contributed by atoms with Gasteiger partial charge in [-0.1, -0.05) is 35.5 Å². The van der Waals surface area contributed by atoms with Crippen molar-refractivity contribution in [2.45, 2.75) is 31.7 Å². The van der Waals surface area contributed by atoms with E-state index in [2.05, 4.69) is 25.4 Å². The molecule has 2 aromatic heterocycles. The van der Waals surface area contributed by atoms with E-state index in [1.54, 1.807) is 19.5 Å². The maximum absolute atomic E-state index is 12.6. The molecule has 1 aliphatic heterocycles. The fourth-order valence-electron chi connectivity index (χ4n) is 3.47. The van der Waals surface area contributed by atoms with Gasteiger partial charge in [-0.25, -0.2) is 9.97 Å². The van der Waals surface area contributed by atoms with Gasteiger partial charge in [0.1, 0.15) is 0 Å². The highest BCUT2D eigenvalue weighted by Gasteiger charge is 2.24. The molecule has 0 saturated carbocycles. The number of aromatic nitrogens is 4. The third-order valence-electron chi connectivity index (χ3n) is 5.10. The highest BCUT2D eigenvalue weighted by atomic mass is 16.5. The molecule has 9 nitrogen and oxygen atoms in total. The van der Waals surface area contributed by atoms with E-state index >= 15 is 0 Å². The number of anilines is 1. The average molecular weight is 408 g/mol. The maximum atomic E-state index is 12.6. The Hall–Kier alpha value is -3.49. The second kappa shape index (κ2) is 9.34. The molecule has 1 N–H and O–H groups in total. The van der Waals surface area contributed by atoms with Gasteiger partial charge >= 0.3 is 0 Å². The van der Waals surface area contributed by atoms with Crippen molar-refractivity contribution in [2.75, 3.05) is 25.5 Å². The van der Waals surface area contributed by atoms with Crippen LogP contribution in [-0.4, -0.2) is 57.2 Å². The summed E-state index contributed by atoms with van der Waals surface area (Å²) in [5.41, 5.74) is 0.896. The zero-order valence-corrected chi connectivity index (χ0v) is 16.8. The number of amides is 1. The van der Waals surface area contributed by atoms with Crippen LogP contribution in [0.5, 0.6) is 5.88 Å². The third-order valence-corrected chi connectivity index (χ3v) is 5.10. The van der Waals surface area contributed by atoms with Crippen LogP contribution in [0.2, 0.25) is 0 Å². The molecule has 1 fully saturated rings. The van der Waals surface area contributed by atoms with E-state index in [4.69, 9.17) is 9.26 Å². The van der Waals surface area contributed by atoms with Gasteiger partial charge in [0.25, 0.3) is 5.88 Å². The molecule has 1 aromatic carbocycles. The molecule has 0 aliphatic carbocycles. The van der Waals surface area contributed by atoms with Gasteiger partial charge in [-0.15, -0.1) is 0 Å². The monoisotopic (exact) mass is 408 g/mol. The quantitative estimate of drug-likeness (QED) is 0.636. The van der Waals surface area contributed by atoms with Gasteiger partial charge in [-0.2, -0.15) is 4.98 Å². The van der Waals surface area contributed by atoms with Crippen molar-refractivity contribution in [3.05, 3.63) is 48.6 Å². The standard InChI is InChI=1S/C21H24N6O3/c1-29-21-20(22-11-12-23-21)24-16-9-13-27(14-10-16)18(28)8-7-17-25-19(26-30-17)15-5-3-2-4-6-15/h2-6,11-12,16H,7-10,13-14H2,1H3,(H,22,24). The van der Waals surface area contributed by atoms with Crippen LogP contribution in [0, 0.1) is 0 Å². The van der Waals surface area contributed by atoms with Gasteiger partial charge in [0, 0.05) is 49.9 Å². The number of aryl methyl sites for hydroxylation is 1. The van der Waals surface area contributed by atoms with Crippen molar-refractivity contribution in [3.63, 3.8) is 0 Å². The second-order valence-corrected chi connectivity index (χ2v) is 7.09. The molecule has 4 rings (SSSR count). The van der Waals surface area contributed by atoms with Crippen molar-refractivity contribution in [1.29, 1.82) is 0 Å². The minimum Gasteiger partial charge on any atom is -0.478 e. The summed E-state index contributed by atoms with van der Waals surface area (Å²) in [4.78, 5) is 27.3. The summed E-state index contributed by atoms with van der Waals surface area (Å²) in [6.07, 6.45) is 5.69. The van der Waals surface area contributed by atoms with Crippen molar-refractivity contribution < 1.29 is 14.1 Å². The molecule has 1 aliphatic rings. The van der Waals surface area contributed by atoms with Gasteiger partial charge in [-0.3, -0.25) is 4.79 Å². The van der Waals surface area contributed by atoms with E-state index in [-0.39, 0.29) is 11.9 Å². The van der Waals surface area contributed by atoms with Gasteiger partial charge in [0.05, 0.1) is 7.11 Å². The molecule has 9 heteroatoms. The molecule has 3 heterocycles. The summed E-state index contributed by atoms with van der Waals surface area (Å²) in [7, 11) is 1.57. The second-order valence-electron chi connectivity index (χ2n) is 7.09. The van der Waals surface area contributed by atoms with E-state index in [1.165, 1.54) is 0 Å². The largest absolute Gasteiger partial charge is 0.478 e. The fraction of sp³-hybridized carbons (Fsp3) is 0.381. The molecule has 0 radical (unpaired) electrons. The number of carbonyl (C=O) groups excluding carboxylic acids is 1. The predicted molar refractivity (Wildman–Crippen MR) is 110 cm³/mol. The zero-order valence-electron chi connectivity index (χ0n) is 16.8. The van der Waals surface area contributed by atoms with Gasteiger partial charge < -0.3 is 19.5 Å². The zero-order chi connectivity index (χ0) is 20.8. The number of rotatable bonds is 7. The fourth-order valence-corrected chi connectivity index (χ4v) is 3.47. The molecule has 0 atom stereocenters. The molecule has 1 saturated heterocycles. The minimum atomic E-state index is 0.102. The smallest absolute Gasteiger partial charge is 0.257 e. The van der Waals surface area contributed by atoms with E-state index in [9.17, 15) is 4.79 Å². The summed E-state index contributed by atoms with van der Waals surface area (Å²) >= 11 is 0. The molecule has 30 heavy (non-hydrogen) atoms. The van der Waals surface area contributed by atoms with Gasteiger partial charge in [0.2, 0.25) is 17.6 Å². The number of hydrogen-bond donors (Lipinski definition) is 1. The van der Waals surface area contributed by atoms with E-state index in [0.717, 1.165) is 18.4 Å². The first-order valence-corrected chi connectivity index (χ1v) is 10.00. The summed E-state index contributed by atoms with van der Waals surface area (Å²) in [5, 5.41) is 7.37. The summed E-state index contributed by atoms with van der Waals surface area (Å²) in [6.45, 7) is 1.39. The van der Waals surface area contributed by atoms with Crippen LogP contribution in [0.4, 0.5) is 5.82 Å². The SMILES string of the molecule is COc1nccnc1NC1CCN(C(=O)CCc2nc(-c3ccccc3)no2)CC1. The van der Waals surface area contributed by atoms with Crippen LogP contribution in [0.3, 0.4) is 0 Å².